The van der Waals surface area contributed by atoms with Crippen LogP contribution < -0.4 is 10.6 Å². The van der Waals surface area contributed by atoms with Crippen molar-refractivity contribution in [2.45, 2.75) is 236 Å². The van der Waals surface area contributed by atoms with Crippen molar-refractivity contribution in [2.75, 3.05) is 19.8 Å². The summed E-state index contributed by atoms with van der Waals surface area (Å²) in [5.74, 6) is 0.178. The van der Waals surface area contributed by atoms with Crippen LogP contribution in [0.2, 0.25) is 0 Å². The fourth-order valence-electron chi connectivity index (χ4n) is 7.91. The van der Waals surface area contributed by atoms with Crippen molar-refractivity contribution < 1.29 is 49.7 Å². The maximum atomic E-state index is 13.0. The van der Waals surface area contributed by atoms with E-state index in [4.69, 9.17) is 9.47 Å². The molecule has 2 rings (SSSR count). The lowest BCUT2D eigenvalue weighted by Gasteiger charge is -2.40. The molecule has 1 aliphatic heterocycles. The van der Waals surface area contributed by atoms with Crippen LogP contribution in [-0.4, -0.2) is 111 Å². The second-order valence-electron chi connectivity index (χ2n) is 16.5. The third-order valence-electron chi connectivity index (χ3n) is 11.7. The number of aliphatic hydroxyl groups is 6. The first-order chi connectivity index (χ1) is 26.7. The van der Waals surface area contributed by atoms with E-state index < -0.39 is 55.6 Å². The van der Waals surface area contributed by atoms with Crippen LogP contribution in [0.15, 0.2) is 0 Å². The van der Waals surface area contributed by atoms with Gasteiger partial charge in [0.05, 0.1) is 25.4 Å². The Balaban J connectivity index is 1.67. The number of hydrogen-bond donors (Lipinski definition) is 8. The molecule has 2 amide bonds. The number of amides is 2. The third kappa shape index (κ3) is 21.8. The second-order valence-corrected chi connectivity index (χ2v) is 16.5. The average molecular weight is 787 g/mol. The van der Waals surface area contributed by atoms with Crippen molar-refractivity contribution in [1.29, 1.82) is 0 Å². The zero-order valence-corrected chi connectivity index (χ0v) is 34.4. The quantitative estimate of drug-likeness (QED) is 0.0382. The Labute approximate surface area is 332 Å². The molecule has 0 unspecified atom stereocenters. The Morgan fingerprint density at radius 1 is 0.691 bits per heavy atom. The average Bonchev–Trinajstić information content (AvgIpc) is 3.19. The lowest BCUT2D eigenvalue weighted by atomic mass is 9.88. The molecule has 2 aliphatic rings. The molecule has 2 fully saturated rings. The number of rotatable bonds is 33. The van der Waals surface area contributed by atoms with Gasteiger partial charge >= 0.3 is 0 Å². The topological polar surface area (TPSA) is 198 Å². The number of carbonyl (C=O) groups excluding carboxylic acids is 2. The predicted octanol–water partition coefficient (Wildman–Crippen LogP) is 5.70. The molecule has 1 aliphatic carbocycles. The molecule has 1 saturated carbocycles. The van der Waals surface area contributed by atoms with Crippen molar-refractivity contribution in [3.8, 4) is 0 Å². The van der Waals surface area contributed by atoms with Crippen LogP contribution in [0.5, 0.6) is 0 Å². The minimum Gasteiger partial charge on any atom is -0.394 e. The Morgan fingerprint density at radius 2 is 1.22 bits per heavy atom. The molecule has 0 aromatic heterocycles. The fraction of sp³-hybridized carbons (Fsp3) is 0.953. The normalized spacial score (nSPS) is 23.7. The molecule has 12 heteroatoms. The van der Waals surface area contributed by atoms with Crippen LogP contribution in [0, 0.1) is 5.92 Å². The first-order valence-corrected chi connectivity index (χ1v) is 22.5. The maximum Gasteiger partial charge on any atom is 0.223 e. The number of aliphatic hydroxyl groups excluding tert-OH is 6. The van der Waals surface area contributed by atoms with Gasteiger partial charge in [0.2, 0.25) is 11.8 Å². The molecule has 8 N–H and O–H groups in total. The summed E-state index contributed by atoms with van der Waals surface area (Å²) in [5.41, 5.74) is 0. The minimum atomic E-state index is -1.62. The van der Waals surface area contributed by atoms with E-state index in [0.717, 1.165) is 96.4 Å². The van der Waals surface area contributed by atoms with E-state index in [2.05, 4.69) is 17.6 Å². The van der Waals surface area contributed by atoms with E-state index in [-0.39, 0.29) is 30.8 Å². The van der Waals surface area contributed by atoms with E-state index >= 15 is 0 Å². The highest BCUT2D eigenvalue weighted by Crippen LogP contribution is 2.24. The molecular formula is C43H82N2O10. The number of nitrogens with one attached hydrogen (secondary N) is 2. The van der Waals surface area contributed by atoms with Crippen LogP contribution in [0.1, 0.15) is 187 Å². The molecule has 0 aromatic carbocycles. The summed E-state index contributed by atoms with van der Waals surface area (Å²) in [6.45, 7) is 2.08. The summed E-state index contributed by atoms with van der Waals surface area (Å²) < 4.78 is 11.1. The number of carbonyl (C=O) groups is 2. The molecular weight excluding hydrogens is 704 g/mol. The van der Waals surface area contributed by atoms with Crippen molar-refractivity contribution >= 4 is 11.8 Å². The largest absolute Gasteiger partial charge is 0.394 e. The van der Waals surface area contributed by atoms with Crippen molar-refractivity contribution in [1.82, 2.24) is 10.6 Å². The molecule has 0 radical (unpaired) electrons. The van der Waals surface area contributed by atoms with Gasteiger partial charge in [0, 0.05) is 18.9 Å². The number of ether oxygens (including phenoxy) is 2. The van der Waals surface area contributed by atoms with Gasteiger partial charge in [-0.05, 0) is 32.1 Å². The Bertz CT molecular complexity index is 952. The Kier molecular flexibility index (Phi) is 28.6. The monoisotopic (exact) mass is 787 g/mol. The van der Waals surface area contributed by atoms with Crippen LogP contribution >= 0.6 is 0 Å². The molecule has 55 heavy (non-hydrogen) atoms. The van der Waals surface area contributed by atoms with E-state index in [1.165, 1.54) is 70.6 Å². The fourth-order valence-corrected chi connectivity index (χ4v) is 7.91. The SMILES string of the molecule is CCCCCCCCCCCCCC[C@@H](O)[C@@H](O)[C@H](CO[C@H]1O[C@H](CO)[C@H](O)[C@H](O)[C@H]1O)NC(=O)CCCCCCCCCCCNC(=O)C1CCCCC1. The smallest absolute Gasteiger partial charge is 0.223 e. The minimum absolute atomic E-state index is 0.221. The predicted molar refractivity (Wildman–Crippen MR) is 215 cm³/mol. The van der Waals surface area contributed by atoms with Crippen molar-refractivity contribution in [2.24, 2.45) is 5.92 Å². The van der Waals surface area contributed by atoms with Crippen LogP contribution in [-0.2, 0) is 19.1 Å². The lowest BCUT2D eigenvalue weighted by Crippen LogP contribution is -2.60. The third-order valence-corrected chi connectivity index (χ3v) is 11.7. The van der Waals surface area contributed by atoms with Gasteiger partial charge in [-0.1, -0.05) is 148 Å². The van der Waals surface area contributed by atoms with Crippen LogP contribution in [0.4, 0.5) is 0 Å². The van der Waals surface area contributed by atoms with Crippen molar-refractivity contribution in [3.63, 3.8) is 0 Å². The summed E-state index contributed by atoms with van der Waals surface area (Å²) in [6, 6.07) is -1.01. The van der Waals surface area contributed by atoms with Gasteiger partial charge in [-0.3, -0.25) is 9.59 Å². The summed E-state index contributed by atoms with van der Waals surface area (Å²) in [5, 5.41) is 68.2. The second kappa shape index (κ2) is 31.6. The zero-order valence-electron chi connectivity index (χ0n) is 34.4. The molecule has 0 aromatic rings. The number of hydrogen-bond acceptors (Lipinski definition) is 10. The highest BCUT2D eigenvalue weighted by atomic mass is 16.7. The Morgan fingerprint density at radius 3 is 1.78 bits per heavy atom. The number of unbranched alkanes of at least 4 members (excludes halogenated alkanes) is 19. The summed E-state index contributed by atoms with van der Waals surface area (Å²) in [4.78, 5) is 25.2. The molecule has 0 bridgehead atoms. The molecule has 1 saturated heterocycles. The van der Waals surface area contributed by atoms with E-state index in [1.807, 2.05) is 0 Å². The Hall–Kier alpha value is -1.38. The van der Waals surface area contributed by atoms with E-state index in [9.17, 15) is 40.2 Å². The molecule has 8 atom stereocenters. The summed E-state index contributed by atoms with van der Waals surface area (Å²) >= 11 is 0. The standard InChI is InChI=1S/C43H82N2O10/c1-2-3-4-5-6-7-8-9-11-14-17-23-28-35(47)38(49)34(32-54-43-41(52)40(51)39(50)36(31-46)55-43)45-37(48)29-24-18-15-12-10-13-16-19-25-30-44-42(53)33-26-21-20-22-27-33/h33-36,38-41,43,46-47,49-52H,2-32H2,1H3,(H,44,53)(H,45,48)/t34-,35+,36+,38-,39-,40-,41+,43-/m0/s1. The molecule has 1 heterocycles. The van der Waals surface area contributed by atoms with Gasteiger partial charge in [-0.15, -0.1) is 0 Å². The van der Waals surface area contributed by atoms with Gasteiger partial charge in [0.25, 0.3) is 0 Å². The first kappa shape index (κ1) is 49.8. The summed E-state index contributed by atoms with van der Waals surface area (Å²) in [7, 11) is 0. The molecule has 0 spiro atoms. The van der Waals surface area contributed by atoms with Gasteiger partial charge in [-0.2, -0.15) is 0 Å². The van der Waals surface area contributed by atoms with Gasteiger partial charge in [0.1, 0.15) is 30.5 Å². The zero-order chi connectivity index (χ0) is 40.1. The van der Waals surface area contributed by atoms with Crippen molar-refractivity contribution in [3.05, 3.63) is 0 Å². The summed E-state index contributed by atoms with van der Waals surface area (Å²) in [6.07, 6.45) is 20.1. The van der Waals surface area contributed by atoms with Gasteiger partial charge in [0.15, 0.2) is 6.29 Å². The van der Waals surface area contributed by atoms with E-state index in [0.29, 0.717) is 12.8 Å². The molecule has 12 nitrogen and oxygen atoms in total. The highest BCUT2D eigenvalue weighted by Gasteiger charge is 2.44. The van der Waals surface area contributed by atoms with Gasteiger partial charge in [-0.25, -0.2) is 0 Å². The lowest BCUT2D eigenvalue weighted by molar-refractivity contribution is -0.303. The van der Waals surface area contributed by atoms with Crippen LogP contribution in [0.3, 0.4) is 0 Å². The highest BCUT2D eigenvalue weighted by molar-refractivity contribution is 5.78. The first-order valence-electron chi connectivity index (χ1n) is 22.5. The maximum absolute atomic E-state index is 13.0. The van der Waals surface area contributed by atoms with Gasteiger partial charge < -0.3 is 50.7 Å². The molecule has 324 valence electrons. The van der Waals surface area contributed by atoms with Crippen LogP contribution in [0.25, 0.3) is 0 Å². The van der Waals surface area contributed by atoms with E-state index in [1.54, 1.807) is 0 Å².